The summed E-state index contributed by atoms with van der Waals surface area (Å²) in [6.45, 7) is 1.94. The van der Waals surface area contributed by atoms with Gasteiger partial charge in [-0.3, -0.25) is 4.79 Å². The summed E-state index contributed by atoms with van der Waals surface area (Å²) in [6.07, 6.45) is 3.03. The minimum atomic E-state index is 0.171. The van der Waals surface area contributed by atoms with Crippen molar-refractivity contribution >= 4 is 18.3 Å². The number of carbonyl (C=O) groups is 1. The maximum absolute atomic E-state index is 10.1. The van der Waals surface area contributed by atoms with Crippen LogP contribution in [-0.4, -0.2) is 25.4 Å². The fraction of sp³-hybridized carbons (Fsp3) is 0.500. The highest BCUT2D eigenvalue weighted by atomic mass is 16.1. The second-order valence-corrected chi connectivity index (χ2v) is 1.53. The summed E-state index contributed by atoms with van der Waals surface area (Å²) in [6, 6.07) is 0. The summed E-state index contributed by atoms with van der Waals surface area (Å²) in [5, 5.41) is 3.58. The fourth-order valence-electron chi connectivity index (χ4n) is 0.385. The molecule has 4 nitrogen and oxygen atoms in total. The second-order valence-electron chi connectivity index (χ2n) is 1.53. The van der Waals surface area contributed by atoms with Crippen LogP contribution in [-0.2, 0) is 4.79 Å². The van der Waals surface area contributed by atoms with Crippen molar-refractivity contribution < 1.29 is 4.79 Å². The molecule has 0 saturated heterocycles. The third kappa shape index (κ3) is 3.77. The van der Waals surface area contributed by atoms with Crippen LogP contribution in [0.3, 0.4) is 0 Å². The van der Waals surface area contributed by atoms with E-state index >= 15 is 0 Å². The van der Waals surface area contributed by atoms with Crippen LogP contribution < -0.4 is 5.43 Å². The Bertz CT molecular complexity index is 151. The lowest BCUT2D eigenvalue weighted by molar-refractivity contribution is -0.102. The summed E-state index contributed by atoms with van der Waals surface area (Å²) in [7, 11) is 1.62. The number of nitrogens with zero attached hydrogens (tertiary/aromatic N) is 2. The van der Waals surface area contributed by atoms with Gasteiger partial charge in [0, 0.05) is 13.3 Å². The van der Waals surface area contributed by atoms with Gasteiger partial charge in [-0.1, -0.05) is 6.92 Å². The van der Waals surface area contributed by atoms with Gasteiger partial charge in [0.25, 0.3) is 0 Å². The molecule has 4 heteroatoms. The van der Waals surface area contributed by atoms with E-state index in [4.69, 9.17) is 0 Å². The Balaban J connectivity index is 3.94. The van der Waals surface area contributed by atoms with Crippen molar-refractivity contribution in [1.29, 1.82) is 0 Å². The number of nitrogens with one attached hydrogen (secondary N) is 1. The Kier molecular flexibility index (Phi) is 5.23. The summed E-state index contributed by atoms with van der Waals surface area (Å²) >= 11 is 0. The Morgan fingerprint density at radius 2 is 2.40 bits per heavy atom. The molecule has 0 amide bonds. The number of amidine groups is 1. The number of aldehydes is 1. The van der Waals surface area contributed by atoms with Crippen molar-refractivity contribution in [1.82, 2.24) is 5.43 Å². The molecule has 0 radical (unpaired) electrons. The molecule has 0 heterocycles. The van der Waals surface area contributed by atoms with Crippen molar-refractivity contribution in [2.45, 2.75) is 13.3 Å². The van der Waals surface area contributed by atoms with Crippen molar-refractivity contribution in [2.24, 2.45) is 10.1 Å². The molecule has 0 aliphatic heterocycles. The first kappa shape index (κ1) is 8.81. The third-order valence-corrected chi connectivity index (χ3v) is 0.738. The zero-order valence-electron chi connectivity index (χ0n) is 6.16. The SMILES string of the molecule is CC/C=N\C(C=O)=N/NC. The van der Waals surface area contributed by atoms with Crippen LogP contribution in [0.15, 0.2) is 10.1 Å². The average molecular weight is 141 g/mol. The highest BCUT2D eigenvalue weighted by Gasteiger charge is 1.87. The molecule has 0 aromatic rings. The number of hydrazone groups is 1. The van der Waals surface area contributed by atoms with Crippen LogP contribution in [0.2, 0.25) is 0 Å². The van der Waals surface area contributed by atoms with E-state index in [1.165, 1.54) is 0 Å². The van der Waals surface area contributed by atoms with Gasteiger partial charge in [-0.05, 0) is 6.42 Å². The smallest absolute Gasteiger partial charge is 0.211 e. The first-order chi connectivity index (χ1) is 4.85. The molecule has 56 valence electrons. The van der Waals surface area contributed by atoms with Gasteiger partial charge in [-0.2, -0.15) is 5.10 Å². The van der Waals surface area contributed by atoms with E-state index in [0.717, 1.165) is 6.42 Å². The number of carbonyl (C=O) groups excluding carboxylic acids is 1. The normalized spacial score (nSPS) is 12.0. The van der Waals surface area contributed by atoms with Crippen LogP contribution in [0, 0.1) is 0 Å². The zero-order chi connectivity index (χ0) is 7.82. The zero-order valence-corrected chi connectivity index (χ0v) is 6.16. The van der Waals surface area contributed by atoms with Crippen molar-refractivity contribution in [3.05, 3.63) is 0 Å². The molecule has 0 fully saturated rings. The summed E-state index contributed by atoms with van der Waals surface area (Å²) in [5.74, 6) is 0.171. The average Bonchev–Trinajstić information content (AvgIpc) is 1.98. The fourth-order valence-corrected chi connectivity index (χ4v) is 0.385. The number of aliphatic imine (C=N–C) groups is 1. The van der Waals surface area contributed by atoms with Gasteiger partial charge < -0.3 is 5.43 Å². The molecule has 10 heavy (non-hydrogen) atoms. The van der Waals surface area contributed by atoms with Crippen LogP contribution >= 0.6 is 0 Å². The molecule has 0 aromatic heterocycles. The molecule has 1 N–H and O–H groups in total. The van der Waals surface area contributed by atoms with Crippen molar-refractivity contribution in [3.63, 3.8) is 0 Å². The Morgan fingerprint density at radius 3 is 2.80 bits per heavy atom. The van der Waals surface area contributed by atoms with Gasteiger partial charge in [0.05, 0.1) is 0 Å². The van der Waals surface area contributed by atoms with E-state index in [1.807, 2.05) is 6.92 Å². The summed E-state index contributed by atoms with van der Waals surface area (Å²) < 4.78 is 0. The number of rotatable bonds is 3. The van der Waals surface area contributed by atoms with Crippen LogP contribution in [0.5, 0.6) is 0 Å². The van der Waals surface area contributed by atoms with Crippen LogP contribution in [0.25, 0.3) is 0 Å². The number of hydrogen-bond acceptors (Lipinski definition) is 3. The van der Waals surface area contributed by atoms with E-state index < -0.39 is 0 Å². The van der Waals surface area contributed by atoms with Gasteiger partial charge in [0.15, 0.2) is 6.29 Å². The molecule has 0 aromatic carbocycles. The summed E-state index contributed by atoms with van der Waals surface area (Å²) in [4.78, 5) is 13.9. The molecule has 0 atom stereocenters. The maximum Gasteiger partial charge on any atom is 0.211 e. The molecule has 0 spiro atoms. The van der Waals surface area contributed by atoms with Gasteiger partial charge in [0.1, 0.15) is 0 Å². The highest BCUT2D eigenvalue weighted by molar-refractivity contribution is 6.28. The monoisotopic (exact) mass is 141 g/mol. The molecular weight excluding hydrogens is 130 g/mol. The molecule has 0 aliphatic carbocycles. The lowest BCUT2D eigenvalue weighted by atomic mass is 10.5. The number of hydrogen-bond donors (Lipinski definition) is 1. The van der Waals surface area contributed by atoms with Crippen LogP contribution in [0.4, 0.5) is 0 Å². The minimum Gasteiger partial charge on any atom is -0.311 e. The molecule has 0 saturated carbocycles. The van der Waals surface area contributed by atoms with Gasteiger partial charge in [-0.15, -0.1) is 0 Å². The minimum absolute atomic E-state index is 0.171. The van der Waals surface area contributed by atoms with Gasteiger partial charge in [-0.25, -0.2) is 4.99 Å². The van der Waals surface area contributed by atoms with E-state index in [-0.39, 0.29) is 5.84 Å². The Morgan fingerprint density at radius 1 is 1.70 bits per heavy atom. The molecule has 0 unspecified atom stereocenters. The standard InChI is InChI=1S/C6H11N3O/c1-3-4-8-6(5-10)9-7-2/h4-5,7H,3H2,1-2H3/b8-4-,9-6-. The Hall–Kier alpha value is -1.19. The molecular formula is C6H11N3O. The predicted octanol–water partition coefficient (Wildman–Crippen LogP) is 0.199. The lowest BCUT2D eigenvalue weighted by Gasteiger charge is -1.87. The quantitative estimate of drug-likeness (QED) is 0.264. The van der Waals surface area contributed by atoms with Crippen molar-refractivity contribution in [3.8, 4) is 0 Å². The maximum atomic E-state index is 10.1. The van der Waals surface area contributed by atoms with Crippen LogP contribution in [0.1, 0.15) is 13.3 Å². The first-order valence-corrected chi connectivity index (χ1v) is 3.07. The van der Waals surface area contributed by atoms with E-state index in [9.17, 15) is 4.79 Å². The van der Waals surface area contributed by atoms with Gasteiger partial charge >= 0.3 is 0 Å². The largest absolute Gasteiger partial charge is 0.311 e. The Labute approximate surface area is 60.0 Å². The van der Waals surface area contributed by atoms with E-state index in [2.05, 4.69) is 15.5 Å². The third-order valence-electron chi connectivity index (χ3n) is 0.738. The topological polar surface area (TPSA) is 53.8 Å². The van der Waals surface area contributed by atoms with Gasteiger partial charge in [0.2, 0.25) is 5.84 Å². The van der Waals surface area contributed by atoms with E-state index in [1.54, 1.807) is 13.3 Å². The lowest BCUT2D eigenvalue weighted by Crippen LogP contribution is -2.04. The molecule has 0 rings (SSSR count). The highest BCUT2D eigenvalue weighted by Crippen LogP contribution is 1.74. The molecule has 0 aliphatic rings. The van der Waals surface area contributed by atoms with E-state index in [0.29, 0.717) is 6.29 Å². The first-order valence-electron chi connectivity index (χ1n) is 3.07. The summed E-state index contributed by atoms with van der Waals surface area (Å²) in [5.41, 5.74) is 2.47. The predicted molar refractivity (Wildman–Crippen MR) is 41.3 cm³/mol. The molecule has 0 bridgehead atoms. The van der Waals surface area contributed by atoms with Crippen molar-refractivity contribution in [2.75, 3.05) is 7.05 Å². The second kappa shape index (κ2) is 5.94.